The Morgan fingerprint density at radius 1 is 1.36 bits per heavy atom. The zero-order chi connectivity index (χ0) is 15.1. The Balaban J connectivity index is 1.37. The molecule has 2 aliphatic rings. The van der Waals surface area contributed by atoms with Crippen LogP contribution < -0.4 is 11.1 Å². The summed E-state index contributed by atoms with van der Waals surface area (Å²) in [6, 6.07) is 8.25. The fraction of sp³-hybridized carbons (Fsp3) is 0.500. The molecule has 0 bridgehead atoms. The van der Waals surface area contributed by atoms with E-state index in [4.69, 9.17) is 5.73 Å². The average molecular weight is 316 g/mol. The summed E-state index contributed by atoms with van der Waals surface area (Å²) < 4.78 is 1.10. The van der Waals surface area contributed by atoms with Crippen molar-refractivity contribution in [1.29, 1.82) is 0 Å². The van der Waals surface area contributed by atoms with Crippen LogP contribution in [0.15, 0.2) is 24.3 Å². The lowest BCUT2D eigenvalue weighted by Crippen LogP contribution is -2.34. The third-order valence-corrected chi connectivity index (χ3v) is 5.85. The van der Waals surface area contributed by atoms with Gasteiger partial charge in [0.15, 0.2) is 5.13 Å². The monoisotopic (exact) mass is 316 g/mol. The summed E-state index contributed by atoms with van der Waals surface area (Å²) >= 11 is 1.52. The van der Waals surface area contributed by atoms with Gasteiger partial charge in [-0.3, -0.25) is 9.69 Å². The third kappa shape index (κ3) is 2.62. The van der Waals surface area contributed by atoms with Crippen LogP contribution in [0.2, 0.25) is 0 Å². The molecule has 2 heterocycles. The van der Waals surface area contributed by atoms with E-state index in [0.29, 0.717) is 29.6 Å². The van der Waals surface area contributed by atoms with Crippen LogP contribution in [0.5, 0.6) is 0 Å². The molecule has 1 aromatic carbocycles. The molecule has 2 fully saturated rings. The van der Waals surface area contributed by atoms with Crippen molar-refractivity contribution in [3.8, 4) is 0 Å². The van der Waals surface area contributed by atoms with E-state index in [-0.39, 0.29) is 5.91 Å². The van der Waals surface area contributed by atoms with Crippen LogP contribution in [0.25, 0.3) is 10.2 Å². The number of nitrogens with zero attached hydrogens (tertiary/aromatic N) is 2. The lowest BCUT2D eigenvalue weighted by atomic mass is 9.98. The van der Waals surface area contributed by atoms with Gasteiger partial charge in [-0.25, -0.2) is 4.98 Å². The van der Waals surface area contributed by atoms with E-state index in [0.717, 1.165) is 29.7 Å². The van der Waals surface area contributed by atoms with Crippen LogP contribution in [-0.2, 0) is 4.79 Å². The second-order valence-corrected chi connectivity index (χ2v) is 7.42. The number of likely N-dealkylation sites (tertiary alicyclic amines) is 1. The van der Waals surface area contributed by atoms with Gasteiger partial charge in [-0.2, -0.15) is 0 Å². The number of para-hydroxylation sites is 1. The van der Waals surface area contributed by atoms with Gasteiger partial charge in [-0.15, -0.1) is 0 Å². The van der Waals surface area contributed by atoms with Crippen LogP contribution in [0.1, 0.15) is 12.8 Å². The van der Waals surface area contributed by atoms with E-state index in [2.05, 4.69) is 15.2 Å². The molecule has 0 spiro atoms. The maximum atomic E-state index is 12.2. The Kier molecular flexibility index (Phi) is 3.60. The van der Waals surface area contributed by atoms with Gasteiger partial charge in [0.05, 0.1) is 16.8 Å². The molecule has 1 aliphatic carbocycles. The molecule has 4 rings (SSSR count). The molecule has 2 aromatic rings. The van der Waals surface area contributed by atoms with Crippen molar-refractivity contribution in [2.45, 2.75) is 18.9 Å². The predicted octanol–water partition coefficient (Wildman–Crippen LogP) is 1.90. The highest BCUT2D eigenvalue weighted by molar-refractivity contribution is 7.22. The predicted molar refractivity (Wildman–Crippen MR) is 88.9 cm³/mol. The Morgan fingerprint density at radius 2 is 2.23 bits per heavy atom. The fourth-order valence-corrected chi connectivity index (χ4v) is 4.70. The number of hydrogen-bond donors (Lipinski definition) is 2. The highest BCUT2D eigenvalue weighted by atomic mass is 32.1. The highest BCUT2D eigenvalue weighted by Gasteiger charge is 2.41. The standard InChI is InChI=1S/C16H20N4OS/c17-12-6-5-10-7-20(8-11(10)12)9-15(21)19-16-18-13-3-1-2-4-14(13)22-16/h1-4,10-12H,5-9,17H2,(H,18,19,21). The first-order valence-corrected chi connectivity index (χ1v) is 8.64. The fourth-order valence-electron chi connectivity index (χ4n) is 3.82. The molecule has 116 valence electrons. The molecule has 1 saturated carbocycles. The first kappa shape index (κ1) is 14.1. The molecule has 1 saturated heterocycles. The number of nitrogens with one attached hydrogen (secondary N) is 1. The maximum absolute atomic E-state index is 12.2. The van der Waals surface area contributed by atoms with Crippen molar-refractivity contribution in [1.82, 2.24) is 9.88 Å². The van der Waals surface area contributed by atoms with Crippen LogP contribution >= 0.6 is 11.3 Å². The summed E-state index contributed by atoms with van der Waals surface area (Å²) in [5.41, 5.74) is 7.08. The number of fused-ring (bicyclic) bond motifs is 2. The Morgan fingerprint density at radius 3 is 3.05 bits per heavy atom. The lowest BCUT2D eigenvalue weighted by molar-refractivity contribution is -0.117. The van der Waals surface area contributed by atoms with Gasteiger partial charge >= 0.3 is 0 Å². The van der Waals surface area contributed by atoms with Crippen LogP contribution in [0.3, 0.4) is 0 Å². The molecule has 6 heteroatoms. The van der Waals surface area contributed by atoms with Gasteiger partial charge in [0.1, 0.15) is 0 Å². The van der Waals surface area contributed by atoms with Gasteiger partial charge in [0, 0.05) is 19.1 Å². The number of carbonyl (C=O) groups excluding carboxylic acids is 1. The van der Waals surface area contributed by atoms with Gasteiger partial charge in [-0.1, -0.05) is 23.5 Å². The topological polar surface area (TPSA) is 71.2 Å². The Bertz CT molecular complexity index is 667. The quantitative estimate of drug-likeness (QED) is 0.907. The number of thiazole rings is 1. The van der Waals surface area contributed by atoms with E-state index < -0.39 is 0 Å². The summed E-state index contributed by atoms with van der Waals surface area (Å²) in [7, 11) is 0. The van der Waals surface area contributed by atoms with E-state index in [9.17, 15) is 4.79 Å². The molecule has 1 aromatic heterocycles. The molecular formula is C16H20N4OS. The van der Waals surface area contributed by atoms with Crippen molar-refractivity contribution in [3.63, 3.8) is 0 Å². The summed E-state index contributed by atoms with van der Waals surface area (Å²) in [6.07, 6.45) is 2.35. The number of aromatic nitrogens is 1. The average Bonchev–Trinajstić information content (AvgIpc) is 3.14. The van der Waals surface area contributed by atoms with Gasteiger partial charge in [0.2, 0.25) is 5.91 Å². The second kappa shape index (κ2) is 5.61. The van der Waals surface area contributed by atoms with Gasteiger partial charge in [-0.05, 0) is 36.8 Å². The van der Waals surface area contributed by atoms with Crippen molar-refractivity contribution < 1.29 is 4.79 Å². The molecule has 3 N–H and O–H groups in total. The SMILES string of the molecule is NC1CCC2CN(CC(=O)Nc3nc4ccccc4s3)CC12. The number of hydrogen-bond acceptors (Lipinski definition) is 5. The van der Waals surface area contributed by atoms with Gasteiger partial charge in [0.25, 0.3) is 0 Å². The number of nitrogens with two attached hydrogens (primary N) is 1. The molecular weight excluding hydrogens is 296 g/mol. The highest BCUT2D eigenvalue weighted by Crippen LogP contribution is 2.37. The number of amides is 1. The van der Waals surface area contributed by atoms with Crippen LogP contribution in [0, 0.1) is 11.8 Å². The summed E-state index contributed by atoms with van der Waals surface area (Å²) in [6.45, 7) is 2.40. The van der Waals surface area contributed by atoms with Crippen molar-refractivity contribution in [2.24, 2.45) is 17.6 Å². The number of carbonyl (C=O) groups is 1. The molecule has 1 amide bonds. The smallest absolute Gasteiger partial charge is 0.240 e. The minimum absolute atomic E-state index is 0.0209. The number of anilines is 1. The van der Waals surface area contributed by atoms with E-state index in [1.807, 2.05) is 24.3 Å². The molecule has 3 atom stereocenters. The largest absolute Gasteiger partial charge is 0.327 e. The first-order valence-electron chi connectivity index (χ1n) is 7.82. The van der Waals surface area contributed by atoms with E-state index in [1.165, 1.54) is 17.8 Å². The van der Waals surface area contributed by atoms with Gasteiger partial charge < -0.3 is 11.1 Å². The van der Waals surface area contributed by atoms with Crippen LogP contribution in [-0.4, -0.2) is 41.5 Å². The van der Waals surface area contributed by atoms with Crippen molar-refractivity contribution in [2.75, 3.05) is 25.0 Å². The number of rotatable bonds is 3. The molecule has 22 heavy (non-hydrogen) atoms. The first-order chi connectivity index (χ1) is 10.7. The molecule has 0 radical (unpaired) electrons. The van der Waals surface area contributed by atoms with E-state index in [1.54, 1.807) is 0 Å². The number of benzene rings is 1. The summed E-state index contributed by atoms with van der Waals surface area (Å²) in [5.74, 6) is 1.29. The zero-order valence-electron chi connectivity index (χ0n) is 12.4. The molecule has 3 unspecified atom stereocenters. The summed E-state index contributed by atoms with van der Waals surface area (Å²) in [5, 5.41) is 3.61. The minimum atomic E-state index is 0.0209. The molecule has 1 aliphatic heterocycles. The maximum Gasteiger partial charge on any atom is 0.240 e. The Hall–Kier alpha value is -1.50. The normalized spacial score (nSPS) is 28.1. The minimum Gasteiger partial charge on any atom is -0.327 e. The van der Waals surface area contributed by atoms with E-state index >= 15 is 0 Å². The second-order valence-electron chi connectivity index (χ2n) is 6.39. The Labute approximate surface area is 133 Å². The lowest BCUT2D eigenvalue weighted by Gasteiger charge is -2.17. The van der Waals surface area contributed by atoms with Crippen molar-refractivity contribution in [3.05, 3.63) is 24.3 Å². The third-order valence-electron chi connectivity index (χ3n) is 4.90. The summed E-state index contributed by atoms with van der Waals surface area (Å²) in [4.78, 5) is 18.9. The zero-order valence-corrected chi connectivity index (χ0v) is 13.2. The van der Waals surface area contributed by atoms with Crippen LogP contribution in [0.4, 0.5) is 5.13 Å². The molecule has 5 nitrogen and oxygen atoms in total. The van der Waals surface area contributed by atoms with Crippen molar-refractivity contribution >= 4 is 32.6 Å².